The number of allylic oxidation sites excluding steroid dienone is 2. The average molecular weight is 393 g/mol. The molecule has 4 nitrogen and oxygen atoms in total. The number of Topliss-reactive ketones (excluding diaryl/α,β-unsaturated/α-hetero) is 1. The van der Waals surface area contributed by atoms with Crippen molar-refractivity contribution >= 4 is 11.8 Å². The molecule has 0 fully saturated rings. The predicted octanol–water partition coefficient (Wildman–Crippen LogP) is 4.34. The van der Waals surface area contributed by atoms with E-state index in [0.717, 1.165) is 12.1 Å². The highest BCUT2D eigenvalue weighted by atomic mass is 19.4. The van der Waals surface area contributed by atoms with Gasteiger partial charge in [-0.15, -0.1) is 0 Å². The number of halogens is 3. The van der Waals surface area contributed by atoms with Gasteiger partial charge in [-0.05, 0) is 29.5 Å². The normalized spacial score (nSPS) is 24.5. The molecule has 1 aromatic carbocycles. The second-order valence-electron chi connectivity index (χ2n) is 8.08. The minimum absolute atomic E-state index is 0.120. The van der Waals surface area contributed by atoms with Crippen LogP contribution in [0.5, 0.6) is 0 Å². The first-order valence-corrected chi connectivity index (χ1v) is 8.91. The molecule has 2 atom stereocenters. The van der Waals surface area contributed by atoms with Gasteiger partial charge in [0.05, 0.1) is 12.7 Å². The number of carbonyl (C=O) groups excluding carboxylic acids is 2. The zero-order valence-electron chi connectivity index (χ0n) is 15.9. The minimum Gasteiger partial charge on any atom is -0.468 e. The fourth-order valence-corrected chi connectivity index (χ4v) is 4.09. The summed E-state index contributed by atoms with van der Waals surface area (Å²) >= 11 is 0. The first-order valence-electron chi connectivity index (χ1n) is 8.91. The number of ketones is 1. The highest BCUT2D eigenvalue weighted by Gasteiger charge is 2.46. The Hall–Kier alpha value is -2.57. The molecule has 2 unspecified atom stereocenters. The Kier molecular flexibility index (Phi) is 4.89. The van der Waals surface area contributed by atoms with Gasteiger partial charge in [0.15, 0.2) is 5.78 Å². The van der Waals surface area contributed by atoms with Gasteiger partial charge < -0.3 is 10.1 Å². The van der Waals surface area contributed by atoms with Crippen LogP contribution < -0.4 is 5.32 Å². The third-order valence-corrected chi connectivity index (χ3v) is 5.30. The van der Waals surface area contributed by atoms with Crippen LogP contribution in [0.25, 0.3) is 0 Å². The van der Waals surface area contributed by atoms with Gasteiger partial charge in [0.2, 0.25) is 0 Å². The molecule has 0 radical (unpaired) electrons. The molecule has 0 aromatic heterocycles. The van der Waals surface area contributed by atoms with Gasteiger partial charge in [0, 0.05) is 29.3 Å². The van der Waals surface area contributed by atoms with E-state index in [1.54, 1.807) is 0 Å². The van der Waals surface area contributed by atoms with Crippen molar-refractivity contribution in [1.29, 1.82) is 0 Å². The maximum absolute atomic E-state index is 13.0. The molecule has 0 spiro atoms. The summed E-state index contributed by atoms with van der Waals surface area (Å²) in [5.74, 6) is -2.34. The smallest absolute Gasteiger partial charge is 0.416 e. The zero-order valence-corrected chi connectivity index (χ0v) is 15.9. The SMILES string of the molecule is C=C1NC2=C(C(=O)CC(C)(C)C2)C(c2ccc(C(F)(F)F)cc2)C1C(=O)OC. The fourth-order valence-electron chi connectivity index (χ4n) is 4.09. The van der Waals surface area contributed by atoms with Crippen molar-refractivity contribution in [3.05, 3.63) is 58.9 Å². The zero-order chi connectivity index (χ0) is 20.9. The number of carbonyl (C=O) groups is 2. The van der Waals surface area contributed by atoms with Gasteiger partial charge in [0.1, 0.15) is 5.92 Å². The lowest BCUT2D eigenvalue weighted by Crippen LogP contribution is -2.43. The second-order valence-corrected chi connectivity index (χ2v) is 8.08. The Morgan fingerprint density at radius 3 is 2.36 bits per heavy atom. The van der Waals surface area contributed by atoms with Crippen molar-refractivity contribution < 1.29 is 27.5 Å². The number of esters is 1. The van der Waals surface area contributed by atoms with Gasteiger partial charge >= 0.3 is 12.1 Å². The molecule has 1 N–H and O–H groups in total. The molecule has 1 aliphatic heterocycles. The molecule has 150 valence electrons. The monoisotopic (exact) mass is 393 g/mol. The number of ether oxygens (including phenoxy) is 1. The standard InChI is InChI=1S/C21H22F3NO3/c1-11-16(19(27)28-4)17(12-5-7-13(8-6-12)21(22,23)24)18-14(25-11)9-20(2,3)10-15(18)26/h5-8,16-17,25H,1,9-10H2,2-4H3. The van der Waals surface area contributed by atoms with Crippen molar-refractivity contribution in [2.24, 2.45) is 11.3 Å². The molecule has 0 saturated carbocycles. The quantitative estimate of drug-likeness (QED) is 0.760. The molecule has 1 heterocycles. The van der Waals surface area contributed by atoms with Gasteiger partial charge in [0.25, 0.3) is 0 Å². The summed E-state index contributed by atoms with van der Waals surface area (Å²) in [6.45, 7) is 7.87. The van der Waals surface area contributed by atoms with Crippen molar-refractivity contribution in [1.82, 2.24) is 5.32 Å². The summed E-state index contributed by atoms with van der Waals surface area (Å²) in [4.78, 5) is 25.4. The van der Waals surface area contributed by atoms with E-state index in [9.17, 15) is 22.8 Å². The van der Waals surface area contributed by atoms with E-state index in [0.29, 0.717) is 35.4 Å². The van der Waals surface area contributed by atoms with Gasteiger partial charge in [-0.25, -0.2) is 0 Å². The molecule has 7 heteroatoms. The van der Waals surface area contributed by atoms with Crippen LogP contribution >= 0.6 is 0 Å². The van der Waals surface area contributed by atoms with E-state index in [1.807, 2.05) is 13.8 Å². The third-order valence-electron chi connectivity index (χ3n) is 5.30. The van der Waals surface area contributed by atoms with Crippen molar-refractivity contribution in [2.45, 2.75) is 38.8 Å². The molecular formula is C21H22F3NO3. The van der Waals surface area contributed by atoms with Gasteiger partial charge in [-0.1, -0.05) is 32.6 Å². The summed E-state index contributed by atoms with van der Waals surface area (Å²) < 4.78 is 43.7. The van der Waals surface area contributed by atoms with Gasteiger partial charge in [-0.2, -0.15) is 13.2 Å². The van der Waals surface area contributed by atoms with Crippen LogP contribution in [0.3, 0.4) is 0 Å². The maximum atomic E-state index is 13.0. The molecular weight excluding hydrogens is 371 g/mol. The summed E-state index contributed by atoms with van der Waals surface area (Å²) in [5.41, 5.74) is 0.890. The summed E-state index contributed by atoms with van der Waals surface area (Å²) in [5, 5.41) is 3.09. The van der Waals surface area contributed by atoms with Crippen molar-refractivity contribution in [2.75, 3.05) is 7.11 Å². The van der Waals surface area contributed by atoms with Crippen LogP contribution in [-0.4, -0.2) is 18.9 Å². The van der Waals surface area contributed by atoms with E-state index >= 15 is 0 Å². The van der Waals surface area contributed by atoms with Crippen LogP contribution in [0.1, 0.15) is 43.7 Å². The van der Waals surface area contributed by atoms with E-state index in [2.05, 4.69) is 11.9 Å². The summed E-state index contributed by atoms with van der Waals surface area (Å²) in [6.07, 6.45) is -3.59. The van der Waals surface area contributed by atoms with Gasteiger partial charge in [-0.3, -0.25) is 9.59 Å². The predicted molar refractivity (Wildman–Crippen MR) is 97.0 cm³/mol. The molecule has 28 heavy (non-hydrogen) atoms. The average Bonchev–Trinajstić information content (AvgIpc) is 2.58. The van der Waals surface area contributed by atoms with Crippen LogP contribution in [-0.2, 0) is 20.5 Å². The molecule has 0 saturated heterocycles. The Morgan fingerprint density at radius 1 is 1.21 bits per heavy atom. The van der Waals surface area contributed by atoms with Crippen LogP contribution in [0.2, 0.25) is 0 Å². The number of hydrogen-bond acceptors (Lipinski definition) is 4. The molecule has 0 bridgehead atoms. The van der Waals surface area contributed by atoms with Crippen LogP contribution in [0.15, 0.2) is 47.8 Å². The number of rotatable bonds is 2. The van der Waals surface area contributed by atoms with Crippen molar-refractivity contribution in [3.8, 4) is 0 Å². The molecule has 1 aromatic rings. The fraction of sp³-hybridized carbons (Fsp3) is 0.429. The van der Waals surface area contributed by atoms with E-state index in [-0.39, 0.29) is 11.2 Å². The highest BCUT2D eigenvalue weighted by Crippen LogP contribution is 2.48. The molecule has 1 aliphatic carbocycles. The largest absolute Gasteiger partial charge is 0.468 e. The second kappa shape index (κ2) is 6.79. The summed E-state index contributed by atoms with van der Waals surface area (Å²) in [7, 11) is 1.23. The number of hydrogen-bond donors (Lipinski definition) is 1. The summed E-state index contributed by atoms with van der Waals surface area (Å²) in [6, 6.07) is 4.57. The molecule has 3 rings (SSSR count). The maximum Gasteiger partial charge on any atom is 0.416 e. The minimum atomic E-state index is -4.47. The van der Waals surface area contributed by atoms with Crippen molar-refractivity contribution in [3.63, 3.8) is 0 Å². The van der Waals surface area contributed by atoms with E-state index in [4.69, 9.17) is 4.74 Å². The Balaban J connectivity index is 2.15. The lowest BCUT2D eigenvalue weighted by molar-refractivity contribution is -0.145. The van der Waals surface area contributed by atoms with Crippen LogP contribution in [0, 0.1) is 11.3 Å². The number of methoxy groups -OCH3 is 1. The van der Waals surface area contributed by atoms with E-state index in [1.165, 1.54) is 19.2 Å². The van der Waals surface area contributed by atoms with E-state index < -0.39 is 29.5 Å². The Bertz CT molecular complexity index is 866. The lowest BCUT2D eigenvalue weighted by atomic mass is 9.66. The first kappa shape index (κ1) is 20.2. The molecule has 0 amide bonds. The third kappa shape index (κ3) is 3.57. The topological polar surface area (TPSA) is 55.4 Å². The Morgan fingerprint density at radius 2 is 1.82 bits per heavy atom. The molecule has 2 aliphatic rings. The Labute approximate surface area is 161 Å². The van der Waals surface area contributed by atoms with Crippen LogP contribution in [0.4, 0.5) is 13.2 Å². The number of benzene rings is 1. The first-order chi connectivity index (χ1) is 12.9. The number of nitrogens with one attached hydrogen (secondary N) is 1. The lowest BCUT2D eigenvalue weighted by Gasteiger charge is -2.42. The number of alkyl halides is 3. The highest BCUT2D eigenvalue weighted by molar-refractivity contribution is 6.00.